The molecule has 0 unspecified atom stereocenters. The van der Waals surface area contributed by atoms with Gasteiger partial charge in [-0.25, -0.2) is 0 Å². The van der Waals surface area contributed by atoms with Gasteiger partial charge in [0.1, 0.15) is 0 Å². The van der Waals surface area contributed by atoms with Crippen LogP contribution in [0.5, 0.6) is 0 Å². The monoisotopic (exact) mass is 219 g/mol. The zero-order valence-electron chi connectivity index (χ0n) is 5.91. The van der Waals surface area contributed by atoms with Crippen LogP contribution in [0.1, 0.15) is 25.7 Å². The summed E-state index contributed by atoms with van der Waals surface area (Å²) >= 11 is -0.708. The Kier molecular flexibility index (Phi) is 2.67. The van der Waals surface area contributed by atoms with Gasteiger partial charge < -0.3 is 0 Å². The standard InChI is InChI=1S/C5H9.2CH3.Sn/c1-2-4-5-3-1;;;/h1H,2-5H2;2*1H3;. The van der Waals surface area contributed by atoms with Crippen molar-refractivity contribution in [2.75, 3.05) is 0 Å². The van der Waals surface area contributed by atoms with E-state index < -0.39 is 19.8 Å². The molecule has 1 aliphatic carbocycles. The summed E-state index contributed by atoms with van der Waals surface area (Å²) in [5.41, 5.74) is 0. The summed E-state index contributed by atoms with van der Waals surface area (Å²) in [6, 6.07) is 0. The van der Waals surface area contributed by atoms with Crippen LogP contribution in [0.4, 0.5) is 0 Å². The van der Waals surface area contributed by atoms with Crippen LogP contribution in [0, 0.1) is 0 Å². The summed E-state index contributed by atoms with van der Waals surface area (Å²) in [6.45, 7) is 0. The SMILES string of the molecule is [CH3][Sn]([CH3])[CH]1CCCC1. The van der Waals surface area contributed by atoms with Crippen LogP contribution < -0.4 is 0 Å². The van der Waals surface area contributed by atoms with Gasteiger partial charge >= 0.3 is 59.3 Å². The molecule has 0 nitrogen and oxygen atoms in total. The van der Waals surface area contributed by atoms with E-state index in [1.54, 1.807) is 12.8 Å². The van der Waals surface area contributed by atoms with Crippen molar-refractivity contribution in [3.05, 3.63) is 0 Å². The summed E-state index contributed by atoms with van der Waals surface area (Å²) in [4.78, 5) is 5.08. The van der Waals surface area contributed by atoms with E-state index in [4.69, 9.17) is 0 Å². The topological polar surface area (TPSA) is 0 Å². The maximum atomic E-state index is 2.54. The van der Waals surface area contributed by atoms with Crippen molar-refractivity contribution in [2.45, 2.75) is 39.5 Å². The van der Waals surface area contributed by atoms with Crippen molar-refractivity contribution in [2.24, 2.45) is 0 Å². The van der Waals surface area contributed by atoms with E-state index in [-0.39, 0.29) is 0 Å². The first kappa shape index (κ1) is 6.91. The van der Waals surface area contributed by atoms with E-state index in [0.717, 1.165) is 0 Å². The second-order valence-corrected chi connectivity index (χ2v) is 11.5. The zero-order chi connectivity index (χ0) is 5.98. The van der Waals surface area contributed by atoms with Gasteiger partial charge in [-0.3, -0.25) is 0 Å². The van der Waals surface area contributed by atoms with E-state index in [0.29, 0.717) is 0 Å². The second-order valence-electron chi connectivity index (χ2n) is 3.06. The molecule has 47 valence electrons. The summed E-state index contributed by atoms with van der Waals surface area (Å²) in [5.74, 6) is 0. The summed E-state index contributed by atoms with van der Waals surface area (Å²) in [7, 11) is 0. The third-order valence-electron chi connectivity index (χ3n) is 2.17. The molecule has 1 fully saturated rings. The molecule has 1 rings (SSSR count). The summed E-state index contributed by atoms with van der Waals surface area (Å²) in [5, 5.41) is 0. The average Bonchev–Trinajstić information content (AvgIpc) is 2.12. The van der Waals surface area contributed by atoms with Crippen molar-refractivity contribution in [1.82, 2.24) is 0 Å². The normalized spacial score (nSPS) is 22.9. The minimum absolute atomic E-state index is 0.708. The molecule has 0 N–H and O–H groups in total. The van der Waals surface area contributed by atoms with E-state index >= 15 is 0 Å². The van der Waals surface area contributed by atoms with Gasteiger partial charge in [-0.05, 0) is 0 Å². The van der Waals surface area contributed by atoms with E-state index in [1.807, 2.05) is 0 Å². The zero-order valence-corrected chi connectivity index (χ0v) is 8.76. The van der Waals surface area contributed by atoms with Gasteiger partial charge in [0.25, 0.3) is 0 Å². The average molecular weight is 218 g/mol. The maximum absolute atomic E-state index is 2.54. The predicted octanol–water partition coefficient (Wildman–Crippen LogP) is 2.69. The van der Waals surface area contributed by atoms with Gasteiger partial charge in [-0.2, -0.15) is 0 Å². The molecule has 0 heterocycles. The summed E-state index contributed by atoms with van der Waals surface area (Å²) < 4.78 is 1.26. The fourth-order valence-electron chi connectivity index (χ4n) is 1.50. The van der Waals surface area contributed by atoms with E-state index in [1.165, 1.54) is 16.8 Å². The fraction of sp³-hybridized carbons (Fsp3) is 1.00. The van der Waals surface area contributed by atoms with Gasteiger partial charge in [0.2, 0.25) is 0 Å². The van der Waals surface area contributed by atoms with Crippen molar-refractivity contribution in [1.29, 1.82) is 0 Å². The molecule has 1 radical (unpaired) electrons. The number of hydrogen-bond donors (Lipinski definition) is 0. The molecule has 0 aromatic heterocycles. The first-order valence-electron chi connectivity index (χ1n) is 3.61. The molecule has 0 atom stereocenters. The molecular weight excluding hydrogens is 203 g/mol. The van der Waals surface area contributed by atoms with Crippen molar-refractivity contribution in [3.8, 4) is 0 Å². The molecule has 0 spiro atoms. The third-order valence-corrected chi connectivity index (χ3v) is 8.48. The van der Waals surface area contributed by atoms with Crippen LogP contribution in [-0.4, -0.2) is 19.8 Å². The Morgan fingerprint density at radius 2 is 1.62 bits per heavy atom. The van der Waals surface area contributed by atoms with Crippen molar-refractivity contribution >= 4 is 19.8 Å². The molecule has 0 amide bonds. The van der Waals surface area contributed by atoms with Crippen molar-refractivity contribution < 1.29 is 0 Å². The molecule has 0 aromatic carbocycles. The Morgan fingerprint density at radius 3 is 1.88 bits per heavy atom. The Balaban J connectivity index is 2.24. The molecule has 1 saturated carbocycles. The molecular formula is C7H15Sn. The van der Waals surface area contributed by atoms with E-state index in [9.17, 15) is 0 Å². The molecule has 0 saturated heterocycles. The van der Waals surface area contributed by atoms with Crippen LogP contribution in [0.2, 0.25) is 13.8 Å². The van der Waals surface area contributed by atoms with Gasteiger partial charge in [0, 0.05) is 0 Å². The Labute approximate surface area is 59.4 Å². The molecule has 0 aromatic rings. The number of rotatable bonds is 1. The Morgan fingerprint density at radius 1 is 1.12 bits per heavy atom. The van der Waals surface area contributed by atoms with Crippen LogP contribution in [0.3, 0.4) is 0 Å². The second kappa shape index (κ2) is 3.09. The Hall–Kier alpha value is 0.799. The predicted molar refractivity (Wildman–Crippen MR) is 39.7 cm³/mol. The minimum atomic E-state index is -0.708. The Bertz CT molecular complexity index is 62.8. The molecule has 8 heavy (non-hydrogen) atoms. The summed E-state index contributed by atoms with van der Waals surface area (Å²) in [6.07, 6.45) is 6.25. The van der Waals surface area contributed by atoms with Gasteiger partial charge in [-0.15, -0.1) is 0 Å². The van der Waals surface area contributed by atoms with Gasteiger partial charge in [0.05, 0.1) is 0 Å². The quantitative estimate of drug-likeness (QED) is 0.593. The first-order chi connectivity index (χ1) is 3.80. The van der Waals surface area contributed by atoms with Gasteiger partial charge in [0.15, 0.2) is 0 Å². The molecule has 0 aliphatic heterocycles. The van der Waals surface area contributed by atoms with Crippen LogP contribution in [-0.2, 0) is 0 Å². The third kappa shape index (κ3) is 1.64. The van der Waals surface area contributed by atoms with Crippen LogP contribution in [0.15, 0.2) is 0 Å². The van der Waals surface area contributed by atoms with Crippen LogP contribution >= 0.6 is 0 Å². The first-order valence-corrected chi connectivity index (χ1v) is 11.0. The van der Waals surface area contributed by atoms with Crippen LogP contribution in [0.25, 0.3) is 0 Å². The van der Waals surface area contributed by atoms with Crippen molar-refractivity contribution in [3.63, 3.8) is 0 Å². The molecule has 1 heteroatoms. The van der Waals surface area contributed by atoms with Gasteiger partial charge in [-0.1, -0.05) is 0 Å². The number of hydrogen-bond acceptors (Lipinski definition) is 0. The molecule has 1 aliphatic rings. The molecule has 0 bridgehead atoms. The van der Waals surface area contributed by atoms with E-state index in [2.05, 4.69) is 9.88 Å². The fourth-order valence-corrected chi connectivity index (χ4v) is 5.96.